The van der Waals surface area contributed by atoms with E-state index < -0.39 is 0 Å². The number of pyridine rings is 1. The molecule has 17 heavy (non-hydrogen) atoms. The van der Waals surface area contributed by atoms with Gasteiger partial charge in [0.05, 0.1) is 15.9 Å². The number of nitrogens with zero attached hydrogens (tertiary/aromatic N) is 2. The fourth-order valence-corrected chi connectivity index (χ4v) is 2.91. The fraction of sp³-hybridized carbons (Fsp3) is 0. The Kier molecular flexibility index (Phi) is 2.46. The number of hydrogen-bond acceptors (Lipinski definition) is 4. The lowest BCUT2D eigenvalue weighted by Crippen LogP contribution is -1.85. The standard InChI is InChI=1S/C12H8ClN3S/c13-9-5-7(14)1-2-8(9)12-16-10-6-15-4-3-11(10)17-12/h1-6H,14H2. The van der Waals surface area contributed by atoms with E-state index in [1.165, 1.54) is 0 Å². The Morgan fingerprint density at radius 1 is 1.24 bits per heavy atom. The van der Waals surface area contributed by atoms with Crippen molar-refractivity contribution in [3.05, 3.63) is 41.7 Å². The van der Waals surface area contributed by atoms with E-state index in [1.807, 2.05) is 18.2 Å². The third kappa shape index (κ3) is 1.85. The normalized spacial score (nSPS) is 10.9. The first-order valence-corrected chi connectivity index (χ1v) is 6.19. The van der Waals surface area contributed by atoms with Crippen LogP contribution in [0.25, 0.3) is 20.8 Å². The number of aromatic nitrogens is 2. The lowest BCUT2D eigenvalue weighted by atomic mass is 10.2. The number of nitrogens with two attached hydrogens (primary N) is 1. The predicted molar refractivity (Wildman–Crippen MR) is 72.3 cm³/mol. The minimum atomic E-state index is 0.622. The van der Waals surface area contributed by atoms with E-state index in [1.54, 1.807) is 29.8 Å². The van der Waals surface area contributed by atoms with E-state index in [9.17, 15) is 0 Å². The van der Waals surface area contributed by atoms with Gasteiger partial charge < -0.3 is 5.73 Å². The van der Waals surface area contributed by atoms with Crippen LogP contribution < -0.4 is 5.73 Å². The molecule has 0 saturated carbocycles. The number of fused-ring (bicyclic) bond motifs is 1. The molecule has 0 aliphatic carbocycles. The molecular formula is C12H8ClN3S. The highest BCUT2D eigenvalue weighted by atomic mass is 35.5. The van der Waals surface area contributed by atoms with Gasteiger partial charge in [-0.15, -0.1) is 11.3 Å². The summed E-state index contributed by atoms with van der Waals surface area (Å²) < 4.78 is 1.10. The minimum absolute atomic E-state index is 0.622. The van der Waals surface area contributed by atoms with E-state index in [4.69, 9.17) is 17.3 Å². The van der Waals surface area contributed by atoms with Gasteiger partial charge in [-0.3, -0.25) is 4.98 Å². The minimum Gasteiger partial charge on any atom is -0.399 e. The molecule has 3 nitrogen and oxygen atoms in total. The summed E-state index contributed by atoms with van der Waals surface area (Å²) in [5.74, 6) is 0. The summed E-state index contributed by atoms with van der Waals surface area (Å²) in [6.07, 6.45) is 3.51. The van der Waals surface area contributed by atoms with Crippen LogP contribution in [0.2, 0.25) is 5.02 Å². The van der Waals surface area contributed by atoms with Gasteiger partial charge >= 0.3 is 0 Å². The molecule has 2 aromatic heterocycles. The summed E-state index contributed by atoms with van der Waals surface area (Å²) in [6.45, 7) is 0. The first-order chi connectivity index (χ1) is 8.24. The highest BCUT2D eigenvalue weighted by molar-refractivity contribution is 7.21. The molecule has 3 rings (SSSR count). The molecule has 0 spiro atoms. The fourth-order valence-electron chi connectivity index (χ4n) is 1.60. The van der Waals surface area contributed by atoms with Gasteiger partial charge in [-0.2, -0.15) is 0 Å². The molecule has 84 valence electrons. The van der Waals surface area contributed by atoms with Crippen molar-refractivity contribution in [2.24, 2.45) is 0 Å². The molecule has 3 aromatic rings. The second-order valence-electron chi connectivity index (χ2n) is 3.60. The number of benzene rings is 1. The maximum absolute atomic E-state index is 6.16. The van der Waals surface area contributed by atoms with Crippen LogP contribution >= 0.6 is 22.9 Å². The Labute approximate surface area is 107 Å². The Bertz CT molecular complexity index is 660. The number of hydrogen-bond donors (Lipinski definition) is 1. The molecule has 0 atom stereocenters. The molecule has 1 aromatic carbocycles. The van der Waals surface area contributed by atoms with Gasteiger partial charge in [0.2, 0.25) is 0 Å². The lowest BCUT2D eigenvalue weighted by molar-refractivity contribution is 1.34. The molecule has 0 radical (unpaired) electrons. The first kappa shape index (κ1) is 10.5. The van der Waals surface area contributed by atoms with E-state index in [0.717, 1.165) is 20.8 Å². The Morgan fingerprint density at radius 2 is 2.12 bits per heavy atom. The van der Waals surface area contributed by atoms with Crippen molar-refractivity contribution in [3.63, 3.8) is 0 Å². The summed E-state index contributed by atoms with van der Waals surface area (Å²) in [5.41, 5.74) is 8.12. The van der Waals surface area contributed by atoms with Crippen molar-refractivity contribution < 1.29 is 0 Å². The summed E-state index contributed by atoms with van der Waals surface area (Å²) in [4.78, 5) is 8.55. The number of anilines is 1. The van der Waals surface area contributed by atoms with E-state index in [-0.39, 0.29) is 0 Å². The van der Waals surface area contributed by atoms with E-state index in [0.29, 0.717) is 10.7 Å². The van der Waals surface area contributed by atoms with Crippen LogP contribution in [0.3, 0.4) is 0 Å². The zero-order valence-corrected chi connectivity index (χ0v) is 10.3. The van der Waals surface area contributed by atoms with Crippen molar-refractivity contribution in [2.75, 3.05) is 5.73 Å². The smallest absolute Gasteiger partial charge is 0.126 e. The second-order valence-corrected chi connectivity index (χ2v) is 5.04. The van der Waals surface area contributed by atoms with Gasteiger partial charge in [-0.1, -0.05) is 11.6 Å². The van der Waals surface area contributed by atoms with Gasteiger partial charge in [-0.05, 0) is 24.3 Å². The SMILES string of the molecule is Nc1ccc(-c2nc3cnccc3s2)c(Cl)c1. The van der Waals surface area contributed by atoms with Crippen LogP contribution in [0.5, 0.6) is 0 Å². The molecule has 0 fully saturated rings. The number of thiazole rings is 1. The number of rotatable bonds is 1. The second kappa shape index (κ2) is 3.98. The molecule has 5 heteroatoms. The zero-order chi connectivity index (χ0) is 11.8. The third-order valence-corrected chi connectivity index (χ3v) is 3.80. The van der Waals surface area contributed by atoms with Gasteiger partial charge in [-0.25, -0.2) is 4.98 Å². The highest BCUT2D eigenvalue weighted by Crippen LogP contribution is 2.34. The van der Waals surface area contributed by atoms with Gasteiger partial charge in [0.25, 0.3) is 0 Å². The summed E-state index contributed by atoms with van der Waals surface area (Å²) >= 11 is 7.76. The van der Waals surface area contributed by atoms with E-state index in [2.05, 4.69) is 9.97 Å². The number of halogens is 1. The molecule has 0 saturated heterocycles. The van der Waals surface area contributed by atoms with Crippen LogP contribution in [0.1, 0.15) is 0 Å². The number of nitrogen functional groups attached to an aromatic ring is 1. The lowest BCUT2D eigenvalue weighted by Gasteiger charge is -2.00. The summed E-state index contributed by atoms with van der Waals surface area (Å²) in [6, 6.07) is 7.40. The summed E-state index contributed by atoms with van der Waals surface area (Å²) in [7, 11) is 0. The van der Waals surface area contributed by atoms with Crippen molar-refractivity contribution in [1.29, 1.82) is 0 Å². The van der Waals surface area contributed by atoms with Crippen molar-refractivity contribution >= 4 is 38.8 Å². The van der Waals surface area contributed by atoms with Crippen molar-refractivity contribution in [2.45, 2.75) is 0 Å². The van der Waals surface area contributed by atoms with Crippen molar-refractivity contribution in [1.82, 2.24) is 9.97 Å². The topological polar surface area (TPSA) is 51.8 Å². The van der Waals surface area contributed by atoms with Crippen LogP contribution in [0.4, 0.5) is 5.69 Å². The maximum Gasteiger partial charge on any atom is 0.126 e. The average molecular weight is 262 g/mol. The summed E-state index contributed by atoms with van der Waals surface area (Å²) in [5, 5.41) is 1.51. The van der Waals surface area contributed by atoms with Crippen LogP contribution in [0, 0.1) is 0 Å². The van der Waals surface area contributed by atoms with Gasteiger partial charge in [0, 0.05) is 17.4 Å². The van der Waals surface area contributed by atoms with Crippen molar-refractivity contribution in [3.8, 4) is 10.6 Å². The predicted octanol–water partition coefficient (Wildman–Crippen LogP) is 3.59. The maximum atomic E-state index is 6.16. The van der Waals surface area contributed by atoms with Crippen LogP contribution in [-0.2, 0) is 0 Å². The first-order valence-electron chi connectivity index (χ1n) is 5.00. The molecule has 0 bridgehead atoms. The van der Waals surface area contributed by atoms with Crippen LogP contribution in [0.15, 0.2) is 36.7 Å². The van der Waals surface area contributed by atoms with Gasteiger partial charge in [0.15, 0.2) is 0 Å². The monoisotopic (exact) mass is 261 g/mol. The quantitative estimate of drug-likeness (QED) is 0.681. The van der Waals surface area contributed by atoms with E-state index >= 15 is 0 Å². The molecule has 0 amide bonds. The average Bonchev–Trinajstić information content (AvgIpc) is 2.72. The molecule has 0 aliphatic rings. The molecule has 2 N–H and O–H groups in total. The Balaban J connectivity index is 2.20. The Morgan fingerprint density at radius 3 is 2.88 bits per heavy atom. The molecule has 0 aliphatic heterocycles. The Hall–Kier alpha value is -1.65. The largest absolute Gasteiger partial charge is 0.399 e. The zero-order valence-electron chi connectivity index (χ0n) is 8.72. The molecular weight excluding hydrogens is 254 g/mol. The highest BCUT2D eigenvalue weighted by Gasteiger charge is 2.09. The van der Waals surface area contributed by atoms with Gasteiger partial charge in [0.1, 0.15) is 10.5 Å². The molecule has 0 unspecified atom stereocenters. The van der Waals surface area contributed by atoms with Crippen LogP contribution in [-0.4, -0.2) is 9.97 Å². The third-order valence-electron chi connectivity index (χ3n) is 2.41. The molecule has 2 heterocycles.